The molecule has 2 aromatic rings. The lowest BCUT2D eigenvalue weighted by molar-refractivity contribution is -0.119. The van der Waals surface area contributed by atoms with E-state index >= 15 is 0 Å². The van der Waals surface area contributed by atoms with Crippen molar-refractivity contribution in [2.24, 2.45) is 17.6 Å². The zero-order valence-electron chi connectivity index (χ0n) is 20.4. The third-order valence-corrected chi connectivity index (χ3v) is 7.94. The molecule has 35 heavy (non-hydrogen) atoms. The highest BCUT2D eigenvalue weighted by Gasteiger charge is 2.52. The topological polar surface area (TPSA) is 84.7 Å². The Labute approximate surface area is 207 Å². The number of halogens is 1. The predicted octanol–water partition coefficient (Wildman–Crippen LogP) is 4.38. The maximum Gasteiger partial charge on any atom is 0.404 e. The number of amides is 2. The largest absolute Gasteiger partial charge is 0.446 e. The molecule has 1 aliphatic carbocycles. The molecule has 0 radical (unpaired) electrons. The number of benzene rings is 2. The first kappa shape index (κ1) is 25.2. The number of hydrogen-bond donors (Lipinski definition) is 2. The summed E-state index contributed by atoms with van der Waals surface area (Å²) in [6.45, 7) is 4.59. The molecule has 1 saturated heterocycles. The number of carbonyl (C=O) groups is 2. The van der Waals surface area contributed by atoms with Gasteiger partial charge in [-0.1, -0.05) is 42.5 Å². The van der Waals surface area contributed by atoms with E-state index in [4.69, 9.17) is 10.5 Å². The summed E-state index contributed by atoms with van der Waals surface area (Å²) in [5, 5.41) is 3.06. The van der Waals surface area contributed by atoms with E-state index in [1.807, 2.05) is 12.1 Å². The normalized spacial score (nSPS) is 22.9. The standard InChI is InChI=1S/C28H36FN3O3/c1-20(33)31-19-28(23-9-5-10-24(29)17-23,25-11-6-12-26(25)35-27(30)34)22-13-15-32(16-14-22)18-21-7-3-2-4-8-21/h2-5,7-10,17,22,25-26H,6,11-16,18-19H2,1H3,(H2,30,34)(H,31,33)/t25-,26-,28?/m0/s1. The molecule has 3 atom stereocenters. The summed E-state index contributed by atoms with van der Waals surface area (Å²) in [7, 11) is 0. The molecule has 7 heteroatoms. The van der Waals surface area contributed by atoms with Crippen molar-refractivity contribution in [1.82, 2.24) is 10.2 Å². The molecule has 0 spiro atoms. The molecule has 0 aromatic heterocycles. The van der Waals surface area contributed by atoms with Gasteiger partial charge in [-0.05, 0) is 74.4 Å². The van der Waals surface area contributed by atoms with E-state index in [0.29, 0.717) is 6.54 Å². The fourth-order valence-corrected chi connectivity index (χ4v) is 6.43. The maximum absolute atomic E-state index is 14.6. The molecule has 4 rings (SSSR count). The highest BCUT2D eigenvalue weighted by atomic mass is 19.1. The van der Waals surface area contributed by atoms with Gasteiger partial charge in [0.1, 0.15) is 11.9 Å². The number of ether oxygens (including phenoxy) is 1. The fourth-order valence-electron chi connectivity index (χ4n) is 6.43. The molecule has 1 saturated carbocycles. The Balaban J connectivity index is 1.67. The molecule has 188 valence electrons. The maximum atomic E-state index is 14.6. The first-order valence-electron chi connectivity index (χ1n) is 12.6. The van der Waals surface area contributed by atoms with Crippen LogP contribution in [-0.4, -0.2) is 42.6 Å². The third-order valence-electron chi connectivity index (χ3n) is 7.94. The second-order valence-electron chi connectivity index (χ2n) is 10.0. The minimum absolute atomic E-state index is 0.0608. The smallest absolute Gasteiger partial charge is 0.404 e. The lowest BCUT2D eigenvalue weighted by Crippen LogP contribution is -2.55. The van der Waals surface area contributed by atoms with Crippen molar-refractivity contribution >= 4 is 12.0 Å². The molecular weight excluding hydrogens is 445 g/mol. The number of nitrogens with one attached hydrogen (secondary N) is 1. The molecule has 1 aliphatic heterocycles. The minimum atomic E-state index is -0.785. The van der Waals surface area contributed by atoms with Crippen molar-refractivity contribution in [2.45, 2.75) is 57.1 Å². The molecule has 2 amide bonds. The molecule has 6 nitrogen and oxygen atoms in total. The van der Waals surface area contributed by atoms with Crippen LogP contribution in [0.1, 0.15) is 50.2 Å². The van der Waals surface area contributed by atoms with Crippen molar-refractivity contribution in [3.63, 3.8) is 0 Å². The van der Waals surface area contributed by atoms with E-state index < -0.39 is 11.5 Å². The first-order valence-corrected chi connectivity index (χ1v) is 12.6. The van der Waals surface area contributed by atoms with Gasteiger partial charge in [-0.25, -0.2) is 9.18 Å². The van der Waals surface area contributed by atoms with Crippen LogP contribution < -0.4 is 11.1 Å². The van der Waals surface area contributed by atoms with Crippen molar-refractivity contribution in [1.29, 1.82) is 0 Å². The van der Waals surface area contributed by atoms with Gasteiger partial charge in [0.05, 0.1) is 0 Å². The molecule has 2 fully saturated rings. The van der Waals surface area contributed by atoms with Crippen molar-refractivity contribution in [2.75, 3.05) is 19.6 Å². The minimum Gasteiger partial charge on any atom is -0.446 e. The van der Waals surface area contributed by atoms with E-state index in [1.165, 1.54) is 18.6 Å². The van der Waals surface area contributed by atoms with Crippen LogP contribution in [0.2, 0.25) is 0 Å². The number of nitrogens with zero attached hydrogens (tertiary/aromatic N) is 1. The van der Waals surface area contributed by atoms with E-state index in [1.54, 1.807) is 12.1 Å². The zero-order chi connectivity index (χ0) is 24.8. The van der Waals surface area contributed by atoms with Gasteiger partial charge in [-0.2, -0.15) is 0 Å². The number of primary amides is 1. The van der Waals surface area contributed by atoms with Crippen LogP contribution in [0, 0.1) is 17.7 Å². The van der Waals surface area contributed by atoms with E-state index in [-0.39, 0.29) is 29.7 Å². The Bertz CT molecular complexity index is 1010. The van der Waals surface area contributed by atoms with Gasteiger partial charge in [0, 0.05) is 31.3 Å². The molecule has 0 bridgehead atoms. The quantitative estimate of drug-likeness (QED) is 0.586. The summed E-state index contributed by atoms with van der Waals surface area (Å²) in [5.41, 5.74) is 7.01. The Morgan fingerprint density at radius 1 is 1.09 bits per heavy atom. The Morgan fingerprint density at radius 2 is 1.83 bits per heavy atom. The van der Waals surface area contributed by atoms with Crippen molar-refractivity contribution in [3.8, 4) is 0 Å². The van der Waals surface area contributed by atoms with Gasteiger partial charge in [-0.3, -0.25) is 9.69 Å². The van der Waals surface area contributed by atoms with Crippen LogP contribution in [-0.2, 0) is 21.5 Å². The molecular formula is C28H36FN3O3. The van der Waals surface area contributed by atoms with Crippen LogP contribution in [0.3, 0.4) is 0 Å². The fraction of sp³-hybridized carbons (Fsp3) is 0.500. The second-order valence-corrected chi connectivity index (χ2v) is 10.0. The lowest BCUT2D eigenvalue weighted by Gasteiger charge is -2.50. The SMILES string of the molecule is CC(=O)NCC(c1cccc(F)c1)(C1CCN(Cc2ccccc2)CC1)[C@H]1CCC[C@@H]1OC(N)=O. The average molecular weight is 482 g/mol. The van der Waals surface area contributed by atoms with Crippen LogP contribution in [0.5, 0.6) is 0 Å². The molecule has 1 heterocycles. The van der Waals surface area contributed by atoms with Crippen LogP contribution in [0.15, 0.2) is 54.6 Å². The van der Waals surface area contributed by atoms with Gasteiger partial charge in [-0.15, -0.1) is 0 Å². The second kappa shape index (κ2) is 11.2. The van der Waals surface area contributed by atoms with E-state index in [2.05, 4.69) is 34.5 Å². The van der Waals surface area contributed by atoms with E-state index in [0.717, 1.165) is 57.3 Å². The number of piperidine rings is 1. The van der Waals surface area contributed by atoms with Gasteiger partial charge >= 0.3 is 6.09 Å². The molecule has 2 aliphatic rings. The summed E-state index contributed by atoms with van der Waals surface area (Å²) in [4.78, 5) is 26.3. The summed E-state index contributed by atoms with van der Waals surface area (Å²) in [5.74, 6) is -0.307. The van der Waals surface area contributed by atoms with Crippen LogP contribution >= 0.6 is 0 Å². The number of likely N-dealkylation sites (tertiary alicyclic amines) is 1. The summed E-state index contributed by atoms with van der Waals surface area (Å²) in [6, 6.07) is 17.2. The number of hydrogen-bond acceptors (Lipinski definition) is 4. The Morgan fingerprint density at radius 3 is 2.49 bits per heavy atom. The molecule has 1 unspecified atom stereocenters. The van der Waals surface area contributed by atoms with Gasteiger partial charge in [0.15, 0.2) is 0 Å². The third kappa shape index (κ3) is 5.84. The predicted molar refractivity (Wildman–Crippen MR) is 133 cm³/mol. The number of rotatable bonds is 8. The Kier molecular flexibility index (Phi) is 8.06. The first-order chi connectivity index (χ1) is 16.9. The number of carbonyl (C=O) groups excluding carboxylic acids is 2. The van der Waals surface area contributed by atoms with Gasteiger partial charge in [0.25, 0.3) is 0 Å². The van der Waals surface area contributed by atoms with Crippen LogP contribution in [0.25, 0.3) is 0 Å². The Hall–Kier alpha value is -2.93. The average Bonchev–Trinajstić information content (AvgIpc) is 3.29. The molecule has 3 N–H and O–H groups in total. The van der Waals surface area contributed by atoms with Crippen molar-refractivity contribution in [3.05, 3.63) is 71.5 Å². The summed E-state index contributed by atoms with van der Waals surface area (Å²) in [6.07, 6.45) is 3.12. The summed E-state index contributed by atoms with van der Waals surface area (Å²) >= 11 is 0. The highest BCUT2D eigenvalue weighted by Crippen LogP contribution is 2.51. The van der Waals surface area contributed by atoms with Crippen LogP contribution in [0.4, 0.5) is 9.18 Å². The van der Waals surface area contributed by atoms with E-state index in [9.17, 15) is 14.0 Å². The van der Waals surface area contributed by atoms with Gasteiger partial charge in [0.2, 0.25) is 5.91 Å². The van der Waals surface area contributed by atoms with Gasteiger partial charge < -0.3 is 15.8 Å². The highest BCUT2D eigenvalue weighted by molar-refractivity contribution is 5.73. The van der Waals surface area contributed by atoms with Crippen molar-refractivity contribution < 1.29 is 18.7 Å². The number of nitrogens with two attached hydrogens (primary N) is 1. The zero-order valence-corrected chi connectivity index (χ0v) is 20.4. The molecule has 2 aromatic carbocycles. The lowest BCUT2D eigenvalue weighted by atomic mass is 9.58. The monoisotopic (exact) mass is 481 g/mol. The summed E-state index contributed by atoms with van der Waals surface area (Å²) < 4.78 is 20.2.